The molecule has 112 valence electrons. The van der Waals surface area contributed by atoms with Crippen LogP contribution in [0.4, 0.5) is 19.4 Å². The molecule has 1 rings (SSSR count). The summed E-state index contributed by atoms with van der Waals surface area (Å²) < 4.78 is 63.5. The number of nitrogens with zero attached hydrogens (tertiary/aromatic N) is 1. The van der Waals surface area contributed by atoms with Gasteiger partial charge in [-0.3, -0.25) is 4.99 Å². The van der Waals surface area contributed by atoms with Gasteiger partial charge in [0.05, 0.1) is 0 Å². The van der Waals surface area contributed by atoms with Crippen molar-refractivity contribution in [3.05, 3.63) is 23.3 Å². The molecule has 0 saturated heterocycles. The van der Waals surface area contributed by atoms with E-state index >= 15 is 0 Å². The van der Waals surface area contributed by atoms with E-state index in [1.165, 1.54) is 6.20 Å². The average molecular weight is 304 g/mol. The summed E-state index contributed by atoms with van der Waals surface area (Å²) in [6.07, 6.45) is 4.15. The monoisotopic (exact) mass is 304 g/mol. The number of aliphatic imine (C=N–C) groups is 1. The van der Waals surface area contributed by atoms with Gasteiger partial charge in [0.15, 0.2) is 0 Å². The summed E-state index contributed by atoms with van der Waals surface area (Å²) in [5.41, 5.74) is 0. The fourth-order valence-corrected chi connectivity index (χ4v) is 2.10. The molecule has 1 unspecified atom stereocenters. The van der Waals surface area contributed by atoms with Gasteiger partial charge in [-0.15, -0.1) is 0 Å². The summed E-state index contributed by atoms with van der Waals surface area (Å²) >= 11 is 0. The predicted molar refractivity (Wildman–Crippen MR) is 70.1 cm³/mol. The first-order valence-electron chi connectivity index (χ1n) is 5.83. The van der Waals surface area contributed by atoms with Crippen molar-refractivity contribution in [1.82, 2.24) is 5.32 Å². The molecule has 1 N–H and O–H groups in total. The smallest absolute Gasteiger partial charge is 0.311 e. The fraction of sp³-hybridized carbons (Fsp3) is 0.545. The fourth-order valence-electron chi connectivity index (χ4n) is 1.49. The molecule has 0 radical (unpaired) electrons. The van der Waals surface area contributed by atoms with Crippen molar-refractivity contribution < 1.29 is 19.4 Å². The Balaban J connectivity index is 3.03. The van der Waals surface area contributed by atoms with Crippen molar-refractivity contribution >= 4 is 16.4 Å². The third kappa shape index (κ3) is 6.09. The molecule has 0 aromatic rings. The van der Waals surface area contributed by atoms with Gasteiger partial charge in [0, 0.05) is 19.3 Å². The van der Waals surface area contributed by atoms with Crippen LogP contribution >= 0.6 is 10.2 Å². The Labute approximate surface area is 109 Å². The van der Waals surface area contributed by atoms with E-state index in [1.54, 1.807) is 0 Å². The van der Waals surface area contributed by atoms with Crippen LogP contribution in [0.1, 0.15) is 19.8 Å². The zero-order valence-electron chi connectivity index (χ0n) is 10.5. The van der Waals surface area contributed by atoms with E-state index in [0.29, 0.717) is 19.0 Å². The zero-order valence-corrected chi connectivity index (χ0v) is 11.3. The van der Waals surface area contributed by atoms with Gasteiger partial charge in [-0.2, -0.15) is 0 Å². The molecule has 0 aromatic carbocycles. The van der Waals surface area contributed by atoms with Gasteiger partial charge in [0.25, 0.3) is 0 Å². The third-order valence-corrected chi connectivity index (χ3v) is 3.80. The van der Waals surface area contributed by atoms with Crippen LogP contribution in [0.3, 0.4) is 0 Å². The molecule has 1 heterocycles. The number of allylic oxidation sites excluding steroid dienone is 3. The Kier molecular flexibility index (Phi) is 4.05. The van der Waals surface area contributed by atoms with Gasteiger partial charge in [0.2, 0.25) is 0 Å². The van der Waals surface area contributed by atoms with Crippen molar-refractivity contribution in [2.24, 2.45) is 10.9 Å². The van der Waals surface area contributed by atoms with Gasteiger partial charge in [-0.05, 0) is 37.1 Å². The highest BCUT2D eigenvalue weighted by Gasteiger charge is 2.66. The average Bonchev–Trinajstić information content (AvgIpc) is 2.19. The molecule has 1 aliphatic rings. The molecule has 2 nitrogen and oxygen atoms in total. The number of rotatable bonds is 1. The number of hydrogen-bond acceptors (Lipinski definition) is 2. The Morgan fingerprint density at radius 3 is 2.53 bits per heavy atom. The van der Waals surface area contributed by atoms with Crippen molar-refractivity contribution in [2.75, 3.05) is 13.1 Å². The lowest BCUT2D eigenvalue weighted by Gasteiger charge is -2.40. The van der Waals surface area contributed by atoms with Gasteiger partial charge < -0.3 is 5.32 Å². The maximum atomic E-state index is 12.7. The first-order chi connectivity index (χ1) is 8.49. The Bertz CT molecular complexity index is 410. The topological polar surface area (TPSA) is 24.4 Å². The molecule has 1 aliphatic heterocycles. The Morgan fingerprint density at radius 1 is 1.21 bits per heavy atom. The van der Waals surface area contributed by atoms with E-state index in [4.69, 9.17) is 0 Å². The minimum atomic E-state index is -9.67. The lowest BCUT2D eigenvalue weighted by atomic mass is 10.0. The van der Waals surface area contributed by atoms with E-state index in [1.807, 2.05) is 6.92 Å². The first-order valence-corrected chi connectivity index (χ1v) is 7.78. The maximum Gasteiger partial charge on any atom is 0.311 e. The predicted octanol–water partition coefficient (Wildman–Crippen LogP) is 4.77. The van der Waals surface area contributed by atoms with Crippen LogP contribution in [0.25, 0.3) is 0 Å². The number of hydrogen-bond donors (Lipinski definition) is 1. The lowest BCUT2D eigenvalue weighted by Crippen LogP contribution is -2.13. The highest BCUT2D eigenvalue weighted by atomic mass is 32.5. The summed E-state index contributed by atoms with van der Waals surface area (Å²) in [5.74, 6) is 0.268. The number of nitrogens with one attached hydrogen (secondary N) is 1. The molecule has 8 heteroatoms. The minimum Gasteiger partial charge on any atom is -0.391 e. The SMILES string of the molecule is CC1CC\N=C/C(S(F)(F)(F)(F)F)=C\C=C\NCC1. The highest BCUT2D eigenvalue weighted by molar-refractivity contribution is 8.49. The van der Waals surface area contributed by atoms with Crippen LogP contribution in [0.15, 0.2) is 28.2 Å². The van der Waals surface area contributed by atoms with E-state index in [0.717, 1.165) is 12.5 Å². The molecular formula is C11H17F5N2S. The second-order valence-corrected chi connectivity index (χ2v) is 6.98. The van der Waals surface area contributed by atoms with Gasteiger partial charge >= 0.3 is 10.2 Å². The van der Waals surface area contributed by atoms with Crippen LogP contribution in [-0.2, 0) is 0 Å². The third-order valence-electron chi connectivity index (χ3n) is 2.67. The lowest BCUT2D eigenvalue weighted by molar-refractivity contribution is 0.382. The van der Waals surface area contributed by atoms with Crippen molar-refractivity contribution in [3.8, 4) is 0 Å². The molecule has 1 atom stereocenters. The molecule has 0 aromatic heterocycles. The van der Waals surface area contributed by atoms with E-state index in [2.05, 4.69) is 10.3 Å². The molecular weight excluding hydrogens is 287 g/mol. The maximum absolute atomic E-state index is 12.7. The zero-order chi connectivity index (χ0) is 14.6. The van der Waals surface area contributed by atoms with Gasteiger partial charge in [-0.1, -0.05) is 26.4 Å². The van der Waals surface area contributed by atoms with Crippen LogP contribution < -0.4 is 5.32 Å². The summed E-state index contributed by atoms with van der Waals surface area (Å²) in [6.45, 7) is 2.63. The van der Waals surface area contributed by atoms with E-state index in [-0.39, 0.29) is 18.7 Å². The van der Waals surface area contributed by atoms with Crippen molar-refractivity contribution in [1.29, 1.82) is 0 Å². The van der Waals surface area contributed by atoms with Crippen LogP contribution in [0, 0.1) is 5.92 Å². The van der Waals surface area contributed by atoms with Crippen LogP contribution in [0.2, 0.25) is 0 Å². The molecule has 0 bridgehead atoms. The second kappa shape index (κ2) is 4.81. The highest BCUT2D eigenvalue weighted by Crippen LogP contribution is 3.01. The largest absolute Gasteiger partial charge is 0.391 e. The summed E-state index contributed by atoms with van der Waals surface area (Å²) in [4.78, 5) is 1.51. The summed E-state index contributed by atoms with van der Waals surface area (Å²) in [5, 5.41) is 2.76. The van der Waals surface area contributed by atoms with Gasteiger partial charge in [-0.25, -0.2) is 0 Å². The van der Waals surface area contributed by atoms with Crippen molar-refractivity contribution in [3.63, 3.8) is 0 Å². The molecule has 0 amide bonds. The minimum absolute atomic E-state index is 0.107. The van der Waals surface area contributed by atoms with Crippen LogP contribution in [0.5, 0.6) is 0 Å². The first kappa shape index (κ1) is 16.0. The van der Waals surface area contributed by atoms with Crippen molar-refractivity contribution in [2.45, 2.75) is 19.8 Å². The van der Waals surface area contributed by atoms with Crippen LogP contribution in [-0.4, -0.2) is 19.3 Å². The standard InChI is InChI=1S/C11H17F5N2S/c1-10-4-7-17-6-2-3-11(9-18-8-5-10)19(12,13,14,15)16/h2-3,6,9-10,17H,4-5,7-8H2,1H3/b6-2+,11-3+,18-9-. The van der Waals surface area contributed by atoms with E-state index in [9.17, 15) is 19.4 Å². The number of halogens is 5. The van der Waals surface area contributed by atoms with E-state index < -0.39 is 15.1 Å². The molecule has 19 heavy (non-hydrogen) atoms. The Morgan fingerprint density at radius 2 is 1.89 bits per heavy atom. The summed E-state index contributed by atoms with van der Waals surface area (Å²) in [6, 6.07) is 0. The molecule has 0 fully saturated rings. The molecule has 0 spiro atoms. The molecule has 0 saturated carbocycles. The second-order valence-electron chi connectivity index (χ2n) is 4.57. The summed E-state index contributed by atoms with van der Waals surface area (Å²) in [7, 11) is -9.67. The quantitative estimate of drug-likeness (QED) is 0.693. The molecule has 0 aliphatic carbocycles. The van der Waals surface area contributed by atoms with Gasteiger partial charge in [0.1, 0.15) is 4.91 Å². The normalized spacial score (nSPS) is 32.3. The Hall–Kier alpha value is -1.05.